The first-order valence-electron chi connectivity index (χ1n) is 8.06. The number of ether oxygens (including phenoxy) is 2. The van der Waals surface area contributed by atoms with E-state index < -0.39 is 0 Å². The van der Waals surface area contributed by atoms with Gasteiger partial charge in [-0.15, -0.1) is 0 Å². The van der Waals surface area contributed by atoms with Gasteiger partial charge in [-0.05, 0) is 43.6 Å². The zero-order chi connectivity index (χ0) is 14.2. The summed E-state index contributed by atoms with van der Waals surface area (Å²) >= 11 is 2.08. The molecule has 3 rings (SSSR count). The fourth-order valence-corrected chi connectivity index (χ4v) is 5.35. The minimum absolute atomic E-state index is 0.190. The molecule has 1 N–H and O–H groups in total. The largest absolute Gasteiger partial charge is 0.381 e. The molecule has 3 unspecified atom stereocenters. The first-order chi connectivity index (χ1) is 9.56. The quantitative estimate of drug-likeness (QED) is 0.868. The van der Waals surface area contributed by atoms with Crippen LogP contribution < -0.4 is 5.32 Å². The van der Waals surface area contributed by atoms with Crippen LogP contribution in [0.5, 0.6) is 0 Å². The maximum Gasteiger partial charge on any atom is 0.0713 e. The van der Waals surface area contributed by atoms with Crippen LogP contribution >= 0.6 is 11.8 Å². The highest BCUT2D eigenvalue weighted by atomic mass is 32.2. The highest BCUT2D eigenvalue weighted by molar-refractivity contribution is 7.99. The zero-order valence-corrected chi connectivity index (χ0v) is 13.9. The molecule has 0 aromatic heterocycles. The molecule has 0 amide bonds. The minimum Gasteiger partial charge on any atom is -0.381 e. The number of hydrogen-bond donors (Lipinski definition) is 1. The van der Waals surface area contributed by atoms with Crippen molar-refractivity contribution in [2.75, 3.05) is 25.2 Å². The Morgan fingerprint density at radius 1 is 1.25 bits per heavy atom. The summed E-state index contributed by atoms with van der Waals surface area (Å²) in [5.74, 6) is 2.54. The van der Waals surface area contributed by atoms with Gasteiger partial charge in [0.1, 0.15) is 0 Å². The van der Waals surface area contributed by atoms with Gasteiger partial charge < -0.3 is 14.8 Å². The Kier molecular flexibility index (Phi) is 4.38. The third kappa shape index (κ3) is 2.77. The van der Waals surface area contributed by atoms with Crippen LogP contribution in [0.3, 0.4) is 0 Å². The standard InChI is InChI=1S/C16H29NO2S/c1-15(2)13(10-14(15)18-3)17-12-4-7-19-16(11-12)5-8-20-9-6-16/h12-14,17H,4-11H2,1-3H3. The maximum absolute atomic E-state index is 6.19. The summed E-state index contributed by atoms with van der Waals surface area (Å²) in [6.07, 6.45) is 6.43. The Hall–Kier alpha value is 0.230. The highest BCUT2D eigenvalue weighted by Gasteiger charge is 2.50. The van der Waals surface area contributed by atoms with E-state index in [9.17, 15) is 0 Å². The average molecular weight is 299 g/mol. The molecule has 4 heteroatoms. The molecule has 0 radical (unpaired) electrons. The minimum atomic E-state index is 0.190. The molecule has 1 saturated carbocycles. The van der Waals surface area contributed by atoms with Crippen molar-refractivity contribution in [3.8, 4) is 0 Å². The van der Waals surface area contributed by atoms with Gasteiger partial charge in [-0.25, -0.2) is 0 Å². The monoisotopic (exact) mass is 299 g/mol. The van der Waals surface area contributed by atoms with Crippen LogP contribution in [0.15, 0.2) is 0 Å². The molecule has 1 aliphatic carbocycles. The van der Waals surface area contributed by atoms with Gasteiger partial charge in [0.2, 0.25) is 0 Å². The van der Waals surface area contributed by atoms with Crippen LogP contribution in [0.1, 0.15) is 46.0 Å². The summed E-state index contributed by atoms with van der Waals surface area (Å²) in [7, 11) is 1.84. The third-order valence-electron chi connectivity index (χ3n) is 5.80. The van der Waals surface area contributed by atoms with Crippen LogP contribution in [0.25, 0.3) is 0 Å². The summed E-state index contributed by atoms with van der Waals surface area (Å²) < 4.78 is 11.7. The van der Waals surface area contributed by atoms with Gasteiger partial charge >= 0.3 is 0 Å². The molecule has 3 nitrogen and oxygen atoms in total. The Morgan fingerprint density at radius 2 is 2.00 bits per heavy atom. The molecular weight excluding hydrogens is 270 g/mol. The van der Waals surface area contributed by atoms with Crippen molar-refractivity contribution in [3.05, 3.63) is 0 Å². The maximum atomic E-state index is 6.19. The van der Waals surface area contributed by atoms with E-state index in [4.69, 9.17) is 9.47 Å². The van der Waals surface area contributed by atoms with Crippen molar-refractivity contribution in [2.45, 2.75) is 69.7 Å². The van der Waals surface area contributed by atoms with E-state index in [-0.39, 0.29) is 11.0 Å². The molecule has 2 aliphatic heterocycles. The summed E-state index contributed by atoms with van der Waals surface area (Å²) in [6.45, 7) is 5.59. The van der Waals surface area contributed by atoms with E-state index in [2.05, 4.69) is 30.9 Å². The van der Waals surface area contributed by atoms with Crippen LogP contribution in [0.4, 0.5) is 0 Å². The average Bonchev–Trinajstić information content (AvgIpc) is 2.44. The Balaban J connectivity index is 1.56. The van der Waals surface area contributed by atoms with Crippen molar-refractivity contribution in [1.29, 1.82) is 0 Å². The summed E-state index contributed by atoms with van der Waals surface area (Å²) in [5, 5.41) is 3.91. The van der Waals surface area contributed by atoms with Gasteiger partial charge in [0.15, 0.2) is 0 Å². The lowest BCUT2D eigenvalue weighted by molar-refractivity contribution is -0.121. The molecule has 2 heterocycles. The molecule has 20 heavy (non-hydrogen) atoms. The summed E-state index contributed by atoms with van der Waals surface area (Å²) in [5.41, 5.74) is 0.457. The second kappa shape index (κ2) is 5.79. The number of nitrogens with one attached hydrogen (secondary N) is 1. The second-order valence-electron chi connectivity index (χ2n) is 7.33. The molecule has 3 fully saturated rings. The lowest BCUT2D eigenvalue weighted by Gasteiger charge is -2.54. The topological polar surface area (TPSA) is 30.5 Å². The highest BCUT2D eigenvalue weighted by Crippen LogP contribution is 2.44. The number of methoxy groups -OCH3 is 1. The zero-order valence-electron chi connectivity index (χ0n) is 13.1. The van der Waals surface area contributed by atoms with Crippen molar-refractivity contribution in [1.82, 2.24) is 5.32 Å². The van der Waals surface area contributed by atoms with Crippen molar-refractivity contribution in [2.24, 2.45) is 5.41 Å². The Morgan fingerprint density at radius 3 is 2.65 bits per heavy atom. The van der Waals surface area contributed by atoms with Crippen molar-refractivity contribution < 1.29 is 9.47 Å². The smallest absolute Gasteiger partial charge is 0.0713 e. The molecule has 0 aromatic rings. The van der Waals surface area contributed by atoms with Crippen LogP contribution in [0, 0.1) is 5.41 Å². The molecular formula is C16H29NO2S. The van der Waals surface area contributed by atoms with E-state index in [0.29, 0.717) is 18.2 Å². The van der Waals surface area contributed by atoms with E-state index in [1.807, 2.05) is 7.11 Å². The van der Waals surface area contributed by atoms with Crippen LogP contribution in [-0.4, -0.2) is 49.0 Å². The predicted molar refractivity (Wildman–Crippen MR) is 84.4 cm³/mol. The van der Waals surface area contributed by atoms with Gasteiger partial charge in [0.05, 0.1) is 11.7 Å². The Bertz CT molecular complexity index is 336. The molecule has 116 valence electrons. The molecule has 1 spiro atoms. The molecule has 3 aliphatic rings. The van der Waals surface area contributed by atoms with E-state index >= 15 is 0 Å². The van der Waals surface area contributed by atoms with E-state index in [1.165, 1.54) is 37.2 Å². The van der Waals surface area contributed by atoms with Gasteiger partial charge in [0, 0.05) is 31.2 Å². The second-order valence-corrected chi connectivity index (χ2v) is 8.56. The predicted octanol–water partition coefficient (Wildman–Crippen LogP) is 2.83. The third-order valence-corrected chi connectivity index (χ3v) is 6.78. The summed E-state index contributed by atoms with van der Waals surface area (Å²) in [6, 6.07) is 1.24. The van der Waals surface area contributed by atoms with Gasteiger partial charge in [-0.1, -0.05) is 13.8 Å². The number of hydrogen-bond acceptors (Lipinski definition) is 4. The van der Waals surface area contributed by atoms with Crippen molar-refractivity contribution >= 4 is 11.8 Å². The fraction of sp³-hybridized carbons (Fsp3) is 1.00. The summed E-state index contributed by atoms with van der Waals surface area (Å²) in [4.78, 5) is 0. The van der Waals surface area contributed by atoms with Gasteiger partial charge in [0.25, 0.3) is 0 Å². The van der Waals surface area contributed by atoms with Crippen LogP contribution in [0.2, 0.25) is 0 Å². The van der Waals surface area contributed by atoms with Crippen molar-refractivity contribution in [3.63, 3.8) is 0 Å². The molecule has 0 bridgehead atoms. The number of thioether (sulfide) groups is 1. The number of rotatable bonds is 3. The first kappa shape index (κ1) is 15.1. The first-order valence-corrected chi connectivity index (χ1v) is 9.22. The van der Waals surface area contributed by atoms with Gasteiger partial charge in [-0.2, -0.15) is 11.8 Å². The Labute approximate surface area is 127 Å². The SMILES string of the molecule is COC1CC(NC2CCOC3(CCSCC3)C2)C1(C)C. The van der Waals surface area contributed by atoms with E-state index in [0.717, 1.165) is 13.0 Å². The van der Waals surface area contributed by atoms with E-state index in [1.54, 1.807) is 0 Å². The molecule has 0 aromatic carbocycles. The fourth-order valence-electron chi connectivity index (χ4n) is 4.11. The normalized spacial score (nSPS) is 39.5. The lowest BCUT2D eigenvalue weighted by Crippen LogP contribution is -2.64. The lowest BCUT2D eigenvalue weighted by atomic mass is 9.64. The molecule has 2 saturated heterocycles. The van der Waals surface area contributed by atoms with Gasteiger partial charge in [-0.3, -0.25) is 0 Å². The van der Waals surface area contributed by atoms with Crippen LogP contribution in [-0.2, 0) is 9.47 Å². The molecule has 3 atom stereocenters.